The van der Waals surface area contributed by atoms with Crippen molar-refractivity contribution in [1.82, 2.24) is 4.90 Å². The molecule has 4 heteroatoms. The molecule has 2 aromatic carbocycles. The Morgan fingerprint density at radius 1 is 1.14 bits per heavy atom. The molecule has 0 unspecified atom stereocenters. The van der Waals surface area contributed by atoms with Crippen molar-refractivity contribution in [2.75, 3.05) is 18.9 Å². The van der Waals surface area contributed by atoms with Crippen molar-refractivity contribution in [2.45, 2.75) is 13.5 Å². The van der Waals surface area contributed by atoms with Crippen molar-refractivity contribution in [2.24, 2.45) is 0 Å². The molecule has 0 saturated carbocycles. The largest absolute Gasteiger partial charge is 0.325 e. The van der Waals surface area contributed by atoms with E-state index in [1.165, 1.54) is 5.56 Å². The molecular formula is C17H19ClN2O. The Morgan fingerprint density at radius 2 is 1.86 bits per heavy atom. The molecule has 0 radical (unpaired) electrons. The lowest BCUT2D eigenvalue weighted by molar-refractivity contribution is -0.117. The number of nitrogens with one attached hydrogen (secondary N) is 1. The van der Waals surface area contributed by atoms with Crippen LogP contribution in [0.2, 0.25) is 5.02 Å². The first kappa shape index (κ1) is 15.5. The summed E-state index contributed by atoms with van der Waals surface area (Å²) >= 11 is 6.05. The Kier molecular flexibility index (Phi) is 5.37. The maximum Gasteiger partial charge on any atom is 0.238 e. The van der Waals surface area contributed by atoms with Crippen LogP contribution >= 0.6 is 11.6 Å². The summed E-state index contributed by atoms with van der Waals surface area (Å²) in [4.78, 5) is 14.1. The number of amides is 1. The summed E-state index contributed by atoms with van der Waals surface area (Å²) in [5.74, 6) is -0.0428. The van der Waals surface area contributed by atoms with E-state index < -0.39 is 0 Å². The zero-order valence-electron chi connectivity index (χ0n) is 12.3. The highest BCUT2D eigenvalue weighted by molar-refractivity contribution is 6.31. The zero-order valence-corrected chi connectivity index (χ0v) is 13.0. The van der Waals surface area contributed by atoms with Gasteiger partial charge in [-0.2, -0.15) is 0 Å². The molecule has 0 aliphatic heterocycles. The van der Waals surface area contributed by atoms with Gasteiger partial charge in [0.05, 0.1) is 6.54 Å². The van der Waals surface area contributed by atoms with Crippen molar-refractivity contribution in [3.05, 3.63) is 64.7 Å². The standard InChI is InChI=1S/C17H19ClN2O/c1-13-15(18)9-6-10-16(13)19-17(21)12-20(2)11-14-7-4-3-5-8-14/h3-10H,11-12H2,1-2H3,(H,19,21). The number of anilines is 1. The molecule has 3 nitrogen and oxygen atoms in total. The van der Waals surface area contributed by atoms with Crippen LogP contribution in [0.1, 0.15) is 11.1 Å². The monoisotopic (exact) mass is 302 g/mol. The lowest BCUT2D eigenvalue weighted by Crippen LogP contribution is -2.30. The molecule has 0 fully saturated rings. The topological polar surface area (TPSA) is 32.3 Å². The van der Waals surface area contributed by atoms with Gasteiger partial charge in [-0.05, 0) is 37.2 Å². The van der Waals surface area contributed by atoms with Gasteiger partial charge in [0, 0.05) is 17.3 Å². The highest BCUT2D eigenvalue weighted by atomic mass is 35.5. The van der Waals surface area contributed by atoms with Gasteiger partial charge >= 0.3 is 0 Å². The molecular weight excluding hydrogens is 284 g/mol. The first-order valence-electron chi connectivity index (χ1n) is 6.83. The first-order chi connectivity index (χ1) is 10.1. The second-order valence-corrected chi connectivity index (χ2v) is 5.53. The van der Waals surface area contributed by atoms with Crippen LogP contribution in [-0.4, -0.2) is 24.4 Å². The normalized spacial score (nSPS) is 10.7. The quantitative estimate of drug-likeness (QED) is 0.913. The van der Waals surface area contributed by atoms with Gasteiger partial charge in [-0.1, -0.05) is 48.0 Å². The Bertz CT molecular complexity index is 613. The SMILES string of the molecule is Cc1c(Cl)cccc1NC(=O)CN(C)Cc1ccccc1. The highest BCUT2D eigenvalue weighted by Gasteiger charge is 2.09. The third kappa shape index (κ3) is 4.59. The fraction of sp³-hybridized carbons (Fsp3) is 0.235. The minimum absolute atomic E-state index is 0.0428. The van der Waals surface area contributed by atoms with Gasteiger partial charge in [-0.3, -0.25) is 9.69 Å². The Labute approximate surface area is 130 Å². The Hall–Kier alpha value is -1.84. The summed E-state index contributed by atoms with van der Waals surface area (Å²) in [5, 5.41) is 3.56. The number of benzene rings is 2. The van der Waals surface area contributed by atoms with E-state index >= 15 is 0 Å². The van der Waals surface area contributed by atoms with Gasteiger partial charge < -0.3 is 5.32 Å². The van der Waals surface area contributed by atoms with Gasteiger partial charge in [0.15, 0.2) is 0 Å². The number of halogens is 1. The minimum Gasteiger partial charge on any atom is -0.325 e. The molecule has 0 heterocycles. The summed E-state index contributed by atoms with van der Waals surface area (Å²) in [7, 11) is 1.93. The van der Waals surface area contributed by atoms with Crippen LogP contribution in [0.5, 0.6) is 0 Å². The van der Waals surface area contributed by atoms with E-state index in [-0.39, 0.29) is 5.91 Å². The van der Waals surface area contributed by atoms with Crippen LogP contribution in [-0.2, 0) is 11.3 Å². The molecule has 110 valence electrons. The molecule has 0 bridgehead atoms. The van der Waals surface area contributed by atoms with Gasteiger partial charge in [0.2, 0.25) is 5.91 Å². The van der Waals surface area contributed by atoms with Gasteiger partial charge in [0.1, 0.15) is 0 Å². The van der Waals surface area contributed by atoms with E-state index in [4.69, 9.17) is 11.6 Å². The van der Waals surface area contributed by atoms with E-state index in [0.29, 0.717) is 11.6 Å². The summed E-state index contributed by atoms with van der Waals surface area (Å²) < 4.78 is 0. The zero-order chi connectivity index (χ0) is 15.2. The van der Waals surface area contributed by atoms with Crippen molar-refractivity contribution in [3.63, 3.8) is 0 Å². The summed E-state index contributed by atoms with van der Waals surface area (Å²) in [6.45, 7) is 2.97. The number of hydrogen-bond acceptors (Lipinski definition) is 2. The van der Waals surface area contributed by atoms with Crippen molar-refractivity contribution in [1.29, 1.82) is 0 Å². The molecule has 1 amide bonds. The van der Waals surface area contributed by atoms with Gasteiger partial charge in [-0.25, -0.2) is 0 Å². The third-order valence-electron chi connectivity index (χ3n) is 3.25. The van der Waals surface area contributed by atoms with Crippen molar-refractivity contribution >= 4 is 23.2 Å². The Morgan fingerprint density at radius 3 is 2.57 bits per heavy atom. The summed E-state index contributed by atoms with van der Waals surface area (Å²) in [6.07, 6.45) is 0. The smallest absolute Gasteiger partial charge is 0.238 e. The number of nitrogens with zero attached hydrogens (tertiary/aromatic N) is 1. The summed E-state index contributed by atoms with van der Waals surface area (Å²) in [6, 6.07) is 15.6. The predicted octanol–water partition coefficient (Wildman–Crippen LogP) is 3.72. The highest BCUT2D eigenvalue weighted by Crippen LogP contribution is 2.22. The number of hydrogen-bond donors (Lipinski definition) is 1. The average molecular weight is 303 g/mol. The fourth-order valence-corrected chi connectivity index (χ4v) is 2.30. The van der Waals surface area contributed by atoms with Crippen LogP contribution in [0.4, 0.5) is 5.69 Å². The van der Waals surface area contributed by atoms with Crippen LogP contribution < -0.4 is 5.32 Å². The number of rotatable bonds is 5. The molecule has 0 atom stereocenters. The maximum absolute atomic E-state index is 12.1. The first-order valence-corrected chi connectivity index (χ1v) is 7.21. The fourth-order valence-electron chi connectivity index (χ4n) is 2.13. The van der Waals surface area contributed by atoms with Crippen LogP contribution in [0.3, 0.4) is 0 Å². The molecule has 0 saturated heterocycles. The van der Waals surface area contributed by atoms with E-state index in [2.05, 4.69) is 17.4 Å². The molecule has 21 heavy (non-hydrogen) atoms. The van der Waals surface area contributed by atoms with Gasteiger partial charge in [-0.15, -0.1) is 0 Å². The van der Waals surface area contributed by atoms with Gasteiger partial charge in [0.25, 0.3) is 0 Å². The molecule has 2 rings (SSSR count). The second kappa shape index (κ2) is 7.25. The molecule has 0 spiro atoms. The number of carbonyl (C=O) groups is 1. The van der Waals surface area contributed by atoms with Crippen molar-refractivity contribution < 1.29 is 4.79 Å². The summed E-state index contributed by atoms with van der Waals surface area (Å²) in [5.41, 5.74) is 2.84. The molecule has 1 N–H and O–H groups in total. The number of carbonyl (C=O) groups excluding carboxylic acids is 1. The lowest BCUT2D eigenvalue weighted by atomic mass is 10.2. The van der Waals surface area contributed by atoms with Crippen LogP contribution in [0.15, 0.2) is 48.5 Å². The van der Waals surface area contributed by atoms with Crippen LogP contribution in [0.25, 0.3) is 0 Å². The molecule has 0 aliphatic carbocycles. The number of likely N-dealkylation sites (N-methyl/N-ethyl adjacent to an activating group) is 1. The third-order valence-corrected chi connectivity index (χ3v) is 3.66. The van der Waals surface area contributed by atoms with E-state index in [1.54, 1.807) is 0 Å². The minimum atomic E-state index is -0.0428. The van der Waals surface area contributed by atoms with E-state index in [9.17, 15) is 4.79 Å². The molecule has 0 aromatic heterocycles. The van der Waals surface area contributed by atoms with E-state index in [0.717, 1.165) is 17.8 Å². The van der Waals surface area contributed by atoms with E-state index in [1.807, 2.05) is 55.3 Å². The Balaban J connectivity index is 1.91. The molecule has 2 aromatic rings. The predicted molar refractivity (Wildman–Crippen MR) is 87.6 cm³/mol. The second-order valence-electron chi connectivity index (χ2n) is 5.12. The van der Waals surface area contributed by atoms with Crippen LogP contribution in [0, 0.1) is 6.92 Å². The molecule has 0 aliphatic rings. The maximum atomic E-state index is 12.1. The lowest BCUT2D eigenvalue weighted by Gasteiger charge is -2.17. The van der Waals surface area contributed by atoms with Crippen molar-refractivity contribution in [3.8, 4) is 0 Å². The average Bonchev–Trinajstić information content (AvgIpc) is 2.44.